The SMILES string of the molecule is CC(C)(C)[Si](C)(C)OC1C[C@@H]2C(NC(=O)O)[C@@H]2C1. The van der Waals surface area contributed by atoms with E-state index in [1.54, 1.807) is 0 Å². The molecule has 5 heteroatoms. The summed E-state index contributed by atoms with van der Waals surface area (Å²) in [6.07, 6.45) is 1.52. The van der Waals surface area contributed by atoms with Crippen LogP contribution < -0.4 is 5.32 Å². The Kier molecular flexibility index (Phi) is 3.26. The minimum Gasteiger partial charge on any atom is -0.465 e. The van der Waals surface area contributed by atoms with Crippen LogP contribution in [-0.2, 0) is 4.43 Å². The van der Waals surface area contributed by atoms with E-state index in [-0.39, 0.29) is 11.1 Å². The molecule has 2 N–H and O–H groups in total. The van der Waals surface area contributed by atoms with Crippen molar-refractivity contribution in [2.45, 2.75) is 63.9 Å². The van der Waals surface area contributed by atoms with Crippen LogP contribution >= 0.6 is 0 Å². The number of amides is 1. The zero-order valence-electron chi connectivity index (χ0n) is 12.0. The molecule has 2 fully saturated rings. The highest BCUT2D eigenvalue weighted by atomic mass is 28.4. The fraction of sp³-hybridized carbons (Fsp3) is 0.923. The summed E-state index contributed by atoms with van der Waals surface area (Å²) in [4.78, 5) is 10.6. The molecule has 0 saturated heterocycles. The van der Waals surface area contributed by atoms with Gasteiger partial charge in [-0.05, 0) is 42.8 Å². The van der Waals surface area contributed by atoms with Gasteiger partial charge in [0.1, 0.15) is 0 Å². The van der Waals surface area contributed by atoms with E-state index in [0.717, 1.165) is 12.8 Å². The van der Waals surface area contributed by atoms with Crippen molar-refractivity contribution < 1.29 is 14.3 Å². The van der Waals surface area contributed by atoms with Crippen LogP contribution in [0.25, 0.3) is 0 Å². The molecular weight excluding hydrogens is 246 g/mol. The summed E-state index contributed by atoms with van der Waals surface area (Å²) in [5, 5.41) is 11.6. The number of fused-ring (bicyclic) bond motifs is 1. The van der Waals surface area contributed by atoms with Crippen molar-refractivity contribution in [3.63, 3.8) is 0 Å². The Labute approximate surface area is 110 Å². The lowest BCUT2D eigenvalue weighted by Crippen LogP contribution is -2.44. The Bertz CT molecular complexity index is 339. The van der Waals surface area contributed by atoms with Gasteiger partial charge in [0.2, 0.25) is 0 Å². The van der Waals surface area contributed by atoms with Gasteiger partial charge in [0.15, 0.2) is 8.32 Å². The van der Waals surface area contributed by atoms with E-state index < -0.39 is 14.4 Å². The molecule has 4 atom stereocenters. The van der Waals surface area contributed by atoms with Gasteiger partial charge < -0.3 is 14.8 Å². The lowest BCUT2D eigenvalue weighted by Gasteiger charge is -2.39. The van der Waals surface area contributed by atoms with Crippen LogP contribution in [-0.4, -0.2) is 31.7 Å². The number of rotatable bonds is 3. The molecule has 0 aromatic rings. The molecule has 0 aromatic heterocycles. The van der Waals surface area contributed by atoms with Crippen LogP contribution in [0.4, 0.5) is 4.79 Å². The van der Waals surface area contributed by atoms with Crippen molar-refractivity contribution in [3.8, 4) is 0 Å². The van der Waals surface area contributed by atoms with E-state index in [1.165, 1.54) is 0 Å². The third kappa shape index (κ3) is 2.57. The quantitative estimate of drug-likeness (QED) is 0.776. The van der Waals surface area contributed by atoms with Crippen LogP contribution in [0, 0.1) is 11.8 Å². The molecular formula is C13H25NO3Si. The van der Waals surface area contributed by atoms with Gasteiger partial charge in [0.05, 0.1) is 0 Å². The molecule has 2 rings (SSSR count). The summed E-state index contributed by atoms with van der Waals surface area (Å²) in [6.45, 7) is 11.3. The number of carbonyl (C=O) groups is 1. The highest BCUT2D eigenvalue weighted by Gasteiger charge is 2.58. The second kappa shape index (κ2) is 4.23. The number of hydrogen-bond acceptors (Lipinski definition) is 2. The zero-order chi connectivity index (χ0) is 13.7. The minimum atomic E-state index is -1.67. The summed E-state index contributed by atoms with van der Waals surface area (Å²) in [5.41, 5.74) is 0. The van der Waals surface area contributed by atoms with Crippen molar-refractivity contribution in [3.05, 3.63) is 0 Å². The summed E-state index contributed by atoms with van der Waals surface area (Å²) >= 11 is 0. The van der Waals surface area contributed by atoms with Gasteiger partial charge in [-0.1, -0.05) is 20.8 Å². The van der Waals surface area contributed by atoms with Gasteiger partial charge in [0.25, 0.3) is 0 Å². The number of hydrogen-bond donors (Lipinski definition) is 2. The van der Waals surface area contributed by atoms with Crippen LogP contribution in [0.5, 0.6) is 0 Å². The van der Waals surface area contributed by atoms with Crippen molar-refractivity contribution in [1.29, 1.82) is 0 Å². The fourth-order valence-electron chi connectivity index (χ4n) is 2.84. The summed E-state index contributed by atoms with van der Waals surface area (Å²) in [5.74, 6) is 1.05. The number of nitrogens with one attached hydrogen (secondary N) is 1. The van der Waals surface area contributed by atoms with E-state index in [1.807, 2.05) is 0 Å². The summed E-state index contributed by atoms with van der Waals surface area (Å²) < 4.78 is 6.38. The van der Waals surface area contributed by atoms with Gasteiger partial charge >= 0.3 is 6.09 Å². The smallest absolute Gasteiger partial charge is 0.404 e. The molecule has 4 nitrogen and oxygen atoms in total. The Morgan fingerprint density at radius 2 is 1.78 bits per heavy atom. The van der Waals surface area contributed by atoms with Gasteiger partial charge in [-0.15, -0.1) is 0 Å². The molecule has 1 amide bonds. The molecule has 0 aromatic carbocycles. The average molecular weight is 271 g/mol. The van der Waals surface area contributed by atoms with Crippen LogP contribution in [0.15, 0.2) is 0 Å². The highest BCUT2D eigenvalue weighted by molar-refractivity contribution is 6.74. The maximum absolute atomic E-state index is 10.6. The molecule has 104 valence electrons. The molecule has 18 heavy (non-hydrogen) atoms. The summed E-state index contributed by atoms with van der Waals surface area (Å²) in [7, 11) is -1.67. The zero-order valence-corrected chi connectivity index (χ0v) is 13.0. The minimum absolute atomic E-state index is 0.196. The first-order chi connectivity index (χ1) is 8.12. The second-order valence-electron chi connectivity index (χ2n) is 7.27. The van der Waals surface area contributed by atoms with Crippen LogP contribution in [0.1, 0.15) is 33.6 Å². The van der Waals surface area contributed by atoms with Gasteiger partial charge in [-0.25, -0.2) is 4.79 Å². The monoisotopic (exact) mass is 271 g/mol. The van der Waals surface area contributed by atoms with Gasteiger partial charge in [-0.2, -0.15) is 0 Å². The molecule has 0 aliphatic heterocycles. The Morgan fingerprint density at radius 3 is 2.17 bits per heavy atom. The third-order valence-corrected chi connectivity index (χ3v) is 9.49. The second-order valence-corrected chi connectivity index (χ2v) is 12.0. The van der Waals surface area contributed by atoms with Crippen molar-refractivity contribution in [2.24, 2.45) is 11.8 Å². The molecule has 0 spiro atoms. The standard InChI is InChI=1S/C13H25NO3Si/c1-13(2,3)18(4,5)17-8-6-9-10(7-8)11(9)14-12(15)16/h8-11,14H,6-7H2,1-5H3,(H,15,16)/t8?,9-,10+,11?. The lowest BCUT2D eigenvalue weighted by atomic mass is 10.2. The molecule has 0 bridgehead atoms. The highest BCUT2D eigenvalue weighted by Crippen LogP contribution is 2.54. The normalized spacial score (nSPS) is 35.2. The fourth-order valence-corrected chi connectivity index (χ4v) is 4.22. The predicted octanol–water partition coefficient (Wildman–Crippen LogP) is 3.05. The van der Waals surface area contributed by atoms with Crippen molar-refractivity contribution in [1.82, 2.24) is 5.32 Å². The Balaban J connectivity index is 1.82. The third-order valence-electron chi connectivity index (χ3n) is 4.96. The topological polar surface area (TPSA) is 58.6 Å². The van der Waals surface area contributed by atoms with E-state index >= 15 is 0 Å². The average Bonchev–Trinajstić information content (AvgIpc) is 2.64. The van der Waals surface area contributed by atoms with E-state index in [9.17, 15) is 4.79 Å². The maximum atomic E-state index is 10.6. The lowest BCUT2D eigenvalue weighted by molar-refractivity contribution is 0.164. The molecule has 2 aliphatic rings. The molecule has 0 radical (unpaired) electrons. The molecule has 2 unspecified atom stereocenters. The molecule has 0 heterocycles. The summed E-state index contributed by atoms with van der Waals surface area (Å²) in [6, 6.07) is 0.196. The molecule has 2 saturated carbocycles. The van der Waals surface area contributed by atoms with E-state index in [0.29, 0.717) is 17.9 Å². The Morgan fingerprint density at radius 1 is 1.28 bits per heavy atom. The molecule has 2 aliphatic carbocycles. The van der Waals surface area contributed by atoms with E-state index in [2.05, 4.69) is 39.2 Å². The Hall–Kier alpha value is -0.553. The van der Waals surface area contributed by atoms with Crippen LogP contribution in [0.2, 0.25) is 18.1 Å². The van der Waals surface area contributed by atoms with E-state index in [4.69, 9.17) is 9.53 Å². The van der Waals surface area contributed by atoms with Gasteiger partial charge in [-0.3, -0.25) is 0 Å². The van der Waals surface area contributed by atoms with Gasteiger partial charge in [0, 0.05) is 12.1 Å². The maximum Gasteiger partial charge on any atom is 0.404 e. The largest absolute Gasteiger partial charge is 0.465 e. The first-order valence-electron chi connectivity index (χ1n) is 6.79. The van der Waals surface area contributed by atoms with Crippen molar-refractivity contribution >= 4 is 14.4 Å². The first-order valence-corrected chi connectivity index (χ1v) is 9.70. The number of carboxylic acid groups (broad SMARTS) is 1. The predicted molar refractivity (Wildman–Crippen MR) is 73.2 cm³/mol. The first kappa shape index (κ1) is 13.9. The van der Waals surface area contributed by atoms with Crippen LogP contribution in [0.3, 0.4) is 0 Å². The van der Waals surface area contributed by atoms with Crippen molar-refractivity contribution in [2.75, 3.05) is 0 Å².